The predicted molar refractivity (Wildman–Crippen MR) is 146 cm³/mol. The van der Waals surface area contributed by atoms with E-state index in [0.717, 1.165) is 12.8 Å². The molecule has 42 heavy (non-hydrogen) atoms. The fraction of sp³-hybridized carbons (Fsp3) is 0.552. The third-order valence-corrected chi connectivity index (χ3v) is 6.93. The molecule has 0 N–H and O–H groups in total. The first-order chi connectivity index (χ1) is 19.7. The minimum absolute atomic E-state index is 0.00350. The lowest BCUT2D eigenvalue weighted by atomic mass is 10.0. The van der Waals surface area contributed by atoms with Gasteiger partial charge in [-0.2, -0.15) is 4.84 Å². The number of likely N-dealkylation sites (N-methyl/N-ethyl adjacent to an activating group) is 1. The third kappa shape index (κ3) is 8.40. The van der Waals surface area contributed by atoms with E-state index in [0.29, 0.717) is 48.4 Å². The smallest absolute Gasteiger partial charge is 0.444 e. The van der Waals surface area contributed by atoms with Gasteiger partial charge in [0.1, 0.15) is 5.60 Å². The summed E-state index contributed by atoms with van der Waals surface area (Å²) in [5.74, 6) is -0.601. The highest BCUT2D eigenvalue weighted by atomic mass is 19.4. The molecule has 0 unspecified atom stereocenters. The highest BCUT2D eigenvalue weighted by Crippen LogP contribution is 2.33. The molecule has 1 aromatic carbocycles. The zero-order valence-electron chi connectivity index (χ0n) is 24.2. The molecule has 10 nitrogen and oxygen atoms in total. The fourth-order valence-corrected chi connectivity index (χ4v) is 4.82. The third-order valence-electron chi connectivity index (χ3n) is 6.93. The Bertz CT molecular complexity index is 1250. The maximum absolute atomic E-state index is 13.5. The van der Waals surface area contributed by atoms with Crippen molar-refractivity contribution in [3.63, 3.8) is 0 Å². The van der Waals surface area contributed by atoms with Crippen LogP contribution in [-0.4, -0.2) is 86.4 Å². The lowest BCUT2D eigenvalue weighted by Gasteiger charge is -2.39. The van der Waals surface area contributed by atoms with Crippen LogP contribution in [0.15, 0.2) is 36.7 Å². The van der Waals surface area contributed by atoms with Crippen molar-refractivity contribution >= 4 is 17.9 Å². The van der Waals surface area contributed by atoms with Gasteiger partial charge >= 0.3 is 12.5 Å². The van der Waals surface area contributed by atoms with Gasteiger partial charge in [0, 0.05) is 49.7 Å². The molecule has 0 atom stereocenters. The van der Waals surface area contributed by atoms with Crippen molar-refractivity contribution in [1.29, 1.82) is 0 Å². The molecule has 1 aliphatic heterocycles. The summed E-state index contributed by atoms with van der Waals surface area (Å²) in [6, 6.07) is 6.70. The summed E-state index contributed by atoms with van der Waals surface area (Å²) in [5.41, 5.74) is 0.921. The Labute approximate surface area is 242 Å². The molecule has 3 amide bonds. The Kier molecular flexibility index (Phi) is 9.39. The van der Waals surface area contributed by atoms with Crippen molar-refractivity contribution < 1.29 is 37.1 Å². The standard InChI is InChI=1S/C29H36F3N5O5/c1-5-36(42-29(30,31)32)24(38)16-19-6-8-20(9-7-19)25-33-17-21(18-34-25)26(39)37(22-10-11-22)23-12-14-35(15-13-23)27(40)41-28(2,3)4/h6-9,17-18,22-23H,5,10-16H2,1-4H3. The number of hydrogen-bond acceptors (Lipinski definition) is 7. The Morgan fingerprint density at radius 2 is 1.52 bits per heavy atom. The average Bonchev–Trinajstić information content (AvgIpc) is 3.76. The molecule has 0 radical (unpaired) electrons. The lowest BCUT2D eigenvalue weighted by Crippen LogP contribution is -2.50. The quantitative estimate of drug-likeness (QED) is 0.399. The number of hydroxylamine groups is 2. The molecular formula is C29H36F3N5O5. The van der Waals surface area contributed by atoms with Gasteiger partial charge in [-0.15, -0.1) is 13.2 Å². The molecule has 0 bridgehead atoms. The maximum atomic E-state index is 13.5. The van der Waals surface area contributed by atoms with Crippen LogP contribution in [-0.2, 0) is 20.8 Å². The van der Waals surface area contributed by atoms with Crippen molar-refractivity contribution in [1.82, 2.24) is 24.8 Å². The van der Waals surface area contributed by atoms with Gasteiger partial charge in [0.2, 0.25) is 0 Å². The second-order valence-electron chi connectivity index (χ2n) is 11.4. The van der Waals surface area contributed by atoms with Crippen LogP contribution in [0.3, 0.4) is 0 Å². The van der Waals surface area contributed by atoms with Crippen molar-refractivity contribution in [3.05, 3.63) is 47.8 Å². The number of halogens is 3. The molecule has 2 heterocycles. The fourth-order valence-electron chi connectivity index (χ4n) is 4.82. The molecule has 1 aliphatic carbocycles. The number of carbonyl (C=O) groups excluding carboxylic acids is 3. The summed E-state index contributed by atoms with van der Waals surface area (Å²) in [6.45, 7) is 7.66. The minimum Gasteiger partial charge on any atom is -0.444 e. The van der Waals surface area contributed by atoms with E-state index in [9.17, 15) is 27.6 Å². The summed E-state index contributed by atoms with van der Waals surface area (Å²) < 4.78 is 43.0. The van der Waals surface area contributed by atoms with Crippen molar-refractivity contribution in [2.24, 2.45) is 0 Å². The number of carbonyl (C=O) groups is 3. The first-order valence-corrected chi connectivity index (χ1v) is 14.0. The average molecular weight is 592 g/mol. The molecule has 1 aromatic heterocycles. The van der Waals surface area contributed by atoms with Gasteiger partial charge in [-0.25, -0.2) is 19.8 Å². The Morgan fingerprint density at radius 1 is 0.952 bits per heavy atom. The van der Waals surface area contributed by atoms with Gasteiger partial charge in [-0.3, -0.25) is 9.59 Å². The van der Waals surface area contributed by atoms with Crippen LogP contribution in [0.5, 0.6) is 0 Å². The van der Waals surface area contributed by atoms with Crippen LogP contribution in [0.25, 0.3) is 11.4 Å². The van der Waals surface area contributed by atoms with E-state index in [-0.39, 0.29) is 42.1 Å². The molecule has 13 heteroatoms. The second kappa shape index (κ2) is 12.6. The molecule has 4 rings (SSSR count). The number of amides is 3. The van der Waals surface area contributed by atoms with Gasteiger partial charge in [0.05, 0.1) is 12.0 Å². The minimum atomic E-state index is -4.95. The first-order valence-electron chi connectivity index (χ1n) is 14.0. The first kappa shape index (κ1) is 31.2. The lowest BCUT2D eigenvalue weighted by molar-refractivity contribution is -0.401. The molecule has 0 spiro atoms. The number of ether oxygens (including phenoxy) is 1. The van der Waals surface area contributed by atoms with Crippen molar-refractivity contribution in [2.45, 2.75) is 83.8 Å². The zero-order valence-corrected chi connectivity index (χ0v) is 24.2. The molecule has 1 saturated carbocycles. The van der Waals surface area contributed by atoms with E-state index in [2.05, 4.69) is 14.8 Å². The monoisotopic (exact) mass is 591 g/mol. The maximum Gasteiger partial charge on any atom is 0.544 e. The normalized spacial score (nSPS) is 16.2. The van der Waals surface area contributed by atoms with E-state index in [1.165, 1.54) is 19.3 Å². The second-order valence-corrected chi connectivity index (χ2v) is 11.4. The number of likely N-dealkylation sites (tertiary alicyclic amines) is 1. The van der Waals surface area contributed by atoms with E-state index in [4.69, 9.17) is 4.74 Å². The van der Waals surface area contributed by atoms with Crippen LogP contribution in [0.1, 0.15) is 69.3 Å². The predicted octanol–water partition coefficient (Wildman–Crippen LogP) is 4.99. The van der Waals surface area contributed by atoms with Crippen LogP contribution in [0.4, 0.5) is 18.0 Å². The van der Waals surface area contributed by atoms with E-state index in [1.807, 2.05) is 25.7 Å². The van der Waals surface area contributed by atoms with E-state index >= 15 is 0 Å². The number of rotatable bonds is 8. The van der Waals surface area contributed by atoms with Gasteiger partial charge in [0.15, 0.2) is 5.82 Å². The molecule has 2 fully saturated rings. The van der Waals surface area contributed by atoms with Crippen molar-refractivity contribution in [2.75, 3.05) is 19.6 Å². The number of benzene rings is 1. The van der Waals surface area contributed by atoms with Gasteiger partial charge in [-0.1, -0.05) is 24.3 Å². The summed E-state index contributed by atoms with van der Waals surface area (Å²) >= 11 is 0. The highest BCUT2D eigenvalue weighted by molar-refractivity contribution is 5.94. The highest BCUT2D eigenvalue weighted by Gasteiger charge is 2.40. The SMILES string of the molecule is CCN(OC(F)(F)F)C(=O)Cc1ccc(-c2ncc(C(=O)N(C3CC3)C3CCN(C(=O)OC(C)(C)C)CC3)cn2)cc1. The number of nitrogens with zero attached hydrogens (tertiary/aromatic N) is 5. The topological polar surface area (TPSA) is 105 Å². The summed E-state index contributed by atoms with van der Waals surface area (Å²) in [4.78, 5) is 54.3. The Morgan fingerprint density at radius 3 is 2.02 bits per heavy atom. The molecule has 2 aliphatic rings. The largest absolute Gasteiger partial charge is 0.544 e. The van der Waals surface area contributed by atoms with E-state index in [1.54, 1.807) is 29.2 Å². The van der Waals surface area contributed by atoms with Crippen LogP contribution >= 0.6 is 0 Å². The molecule has 1 saturated heterocycles. The molecule has 228 valence electrons. The summed E-state index contributed by atoms with van der Waals surface area (Å²) in [5, 5.41) is 0.280. The number of aromatic nitrogens is 2. The van der Waals surface area contributed by atoms with Crippen LogP contribution in [0.2, 0.25) is 0 Å². The van der Waals surface area contributed by atoms with Crippen molar-refractivity contribution in [3.8, 4) is 11.4 Å². The summed E-state index contributed by atoms with van der Waals surface area (Å²) in [6.07, 6.45) is 0.603. The van der Waals surface area contributed by atoms with Crippen LogP contribution < -0.4 is 0 Å². The number of hydrogen-bond donors (Lipinski definition) is 0. The Balaban J connectivity index is 1.36. The molecule has 2 aromatic rings. The summed E-state index contributed by atoms with van der Waals surface area (Å²) in [7, 11) is 0. The van der Waals surface area contributed by atoms with Gasteiger partial charge in [0.25, 0.3) is 11.8 Å². The Hall–Kier alpha value is -3.74. The zero-order chi connectivity index (χ0) is 30.7. The van der Waals surface area contributed by atoms with Gasteiger partial charge in [-0.05, 0) is 58.9 Å². The van der Waals surface area contributed by atoms with Gasteiger partial charge < -0.3 is 14.5 Å². The van der Waals surface area contributed by atoms with Crippen LogP contribution in [0, 0.1) is 0 Å². The van der Waals surface area contributed by atoms with E-state index < -0.39 is 17.9 Å². The number of alkyl halides is 3. The molecular weight excluding hydrogens is 555 g/mol. The number of piperidine rings is 1.